The number of ether oxygens (including phenoxy) is 1. The molecule has 1 N–H and O–H groups in total. The van der Waals surface area contributed by atoms with Gasteiger partial charge in [0.15, 0.2) is 10.9 Å². The Hall–Kier alpha value is -3.14. The van der Waals surface area contributed by atoms with E-state index in [1.807, 2.05) is 0 Å². The fourth-order valence-electron chi connectivity index (χ4n) is 3.39. The van der Waals surface area contributed by atoms with Crippen LogP contribution >= 0.6 is 11.3 Å². The van der Waals surface area contributed by atoms with Crippen LogP contribution in [0.3, 0.4) is 0 Å². The first-order valence-corrected chi connectivity index (χ1v) is 9.86. The summed E-state index contributed by atoms with van der Waals surface area (Å²) in [5, 5.41) is 3.14. The van der Waals surface area contributed by atoms with Crippen LogP contribution in [0.5, 0.6) is 5.75 Å². The van der Waals surface area contributed by atoms with Crippen LogP contribution in [-0.2, 0) is 4.79 Å². The van der Waals surface area contributed by atoms with E-state index in [9.17, 15) is 22.8 Å². The van der Waals surface area contributed by atoms with E-state index in [2.05, 4.69) is 15.0 Å². The number of ketones is 1. The number of hydrogen-bond acceptors (Lipinski definition) is 5. The number of rotatable bonds is 4. The molecule has 1 aliphatic rings. The summed E-state index contributed by atoms with van der Waals surface area (Å²) in [6.45, 7) is 1.52. The summed E-state index contributed by atoms with van der Waals surface area (Å²) in [7, 11) is 0. The molecule has 10 heteroatoms. The second kappa shape index (κ2) is 7.60. The standard InChI is InChI=1S/C20H16F3N3O3S/c1-11-9-12(4-7-16(11)29-20(21,22)23)17-10-24-19(30-17)25-18(28)14-5-6-15(27)13-3-2-8-26(13)14/h2-4,7-10,14H,5-6H2,1H3,(H,24,25,28). The Morgan fingerprint density at radius 3 is 2.87 bits per heavy atom. The van der Waals surface area contributed by atoms with Gasteiger partial charge in [-0.3, -0.25) is 9.59 Å². The number of carbonyl (C=O) groups is 2. The summed E-state index contributed by atoms with van der Waals surface area (Å²) in [6, 6.07) is 7.25. The van der Waals surface area contributed by atoms with Gasteiger partial charge in [0.05, 0.1) is 10.6 Å². The second-order valence-corrected chi connectivity index (χ2v) is 7.86. The average molecular weight is 435 g/mol. The number of hydrogen-bond donors (Lipinski definition) is 1. The minimum atomic E-state index is -4.75. The van der Waals surface area contributed by atoms with Crippen molar-refractivity contribution in [2.24, 2.45) is 0 Å². The molecule has 0 bridgehead atoms. The van der Waals surface area contributed by atoms with E-state index in [4.69, 9.17) is 0 Å². The van der Waals surface area contributed by atoms with Gasteiger partial charge in [0.1, 0.15) is 11.8 Å². The van der Waals surface area contributed by atoms with Crippen molar-refractivity contribution >= 4 is 28.2 Å². The zero-order valence-corrected chi connectivity index (χ0v) is 16.5. The monoisotopic (exact) mass is 435 g/mol. The fourth-order valence-corrected chi connectivity index (χ4v) is 4.21. The molecule has 0 saturated heterocycles. The van der Waals surface area contributed by atoms with Crippen molar-refractivity contribution in [3.05, 3.63) is 54.0 Å². The molecule has 1 aromatic carbocycles. The molecular weight excluding hydrogens is 419 g/mol. The molecule has 2 aromatic heterocycles. The maximum atomic E-state index is 12.7. The average Bonchev–Trinajstić information content (AvgIpc) is 3.33. The number of carbonyl (C=O) groups excluding carboxylic acids is 2. The predicted octanol–water partition coefficient (Wildman–Crippen LogP) is 4.97. The van der Waals surface area contributed by atoms with Crippen LogP contribution in [0.4, 0.5) is 18.3 Å². The lowest BCUT2D eigenvalue weighted by atomic mass is 10.0. The number of thiazole rings is 1. The third-order valence-corrected chi connectivity index (χ3v) is 5.73. The van der Waals surface area contributed by atoms with Gasteiger partial charge in [0.2, 0.25) is 5.91 Å². The number of halogens is 3. The summed E-state index contributed by atoms with van der Waals surface area (Å²) in [5.41, 5.74) is 1.50. The number of nitrogens with one attached hydrogen (secondary N) is 1. The van der Waals surface area contributed by atoms with Crippen LogP contribution in [0.25, 0.3) is 10.4 Å². The van der Waals surface area contributed by atoms with Crippen LogP contribution < -0.4 is 10.1 Å². The van der Waals surface area contributed by atoms with Crippen molar-refractivity contribution in [3.8, 4) is 16.2 Å². The third kappa shape index (κ3) is 4.09. The second-order valence-electron chi connectivity index (χ2n) is 6.83. The van der Waals surface area contributed by atoms with Gasteiger partial charge in [0.25, 0.3) is 0 Å². The van der Waals surface area contributed by atoms with Crippen LogP contribution in [0.1, 0.15) is 34.9 Å². The Balaban J connectivity index is 1.49. The van der Waals surface area contributed by atoms with E-state index < -0.39 is 12.4 Å². The molecule has 0 fully saturated rings. The van der Waals surface area contributed by atoms with E-state index in [1.54, 1.807) is 35.2 Å². The summed E-state index contributed by atoms with van der Waals surface area (Å²) >= 11 is 1.21. The first-order valence-electron chi connectivity index (χ1n) is 9.05. The molecule has 3 heterocycles. The van der Waals surface area contributed by atoms with Crippen molar-refractivity contribution < 1.29 is 27.5 Å². The van der Waals surface area contributed by atoms with Crippen molar-refractivity contribution in [3.63, 3.8) is 0 Å². The highest BCUT2D eigenvalue weighted by molar-refractivity contribution is 7.19. The van der Waals surface area contributed by atoms with Gasteiger partial charge in [-0.05, 0) is 54.8 Å². The highest BCUT2D eigenvalue weighted by Gasteiger charge is 2.32. The lowest BCUT2D eigenvalue weighted by Crippen LogP contribution is -2.31. The molecule has 6 nitrogen and oxygen atoms in total. The molecule has 0 saturated carbocycles. The zero-order valence-electron chi connectivity index (χ0n) is 15.7. The fraction of sp³-hybridized carbons (Fsp3) is 0.250. The Morgan fingerprint density at radius 2 is 2.13 bits per heavy atom. The molecule has 0 spiro atoms. The van der Waals surface area contributed by atoms with Gasteiger partial charge in [-0.25, -0.2) is 4.98 Å². The molecule has 0 radical (unpaired) electrons. The van der Waals surface area contributed by atoms with Gasteiger partial charge in [-0.15, -0.1) is 13.2 Å². The van der Waals surface area contributed by atoms with Crippen molar-refractivity contribution in [2.75, 3.05) is 5.32 Å². The largest absolute Gasteiger partial charge is 0.573 e. The van der Waals surface area contributed by atoms with Gasteiger partial charge in [-0.1, -0.05) is 11.3 Å². The Labute approximate surface area is 173 Å². The lowest BCUT2D eigenvalue weighted by Gasteiger charge is -2.24. The highest BCUT2D eigenvalue weighted by atomic mass is 32.1. The molecule has 156 valence electrons. The lowest BCUT2D eigenvalue weighted by molar-refractivity contribution is -0.274. The summed E-state index contributed by atoms with van der Waals surface area (Å²) in [6.07, 6.45) is -0.791. The third-order valence-electron chi connectivity index (χ3n) is 4.77. The zero-order chi connectivity index (χ0) is 21.5. The summed E-state index contributed by atoms with van der Waals surface area (Å²) < 4.78 is 42.9. The molecule has 3 aromatic rings. The number of fused-ring (bicyclic) bond motifs is 1. The molecule has 4 rings (SSSR count). The van der Waals surface area contributed by atoms with E-state index >= 15 is 0 Å². The van der Waals surface area contributed by atoms with Gasteiger partial charge in [-0.2, -0.15) is 0 Å². The van der Waals surface area contributed by atoms with E-state index in [0.29, 0.717) is 39.7 Å². The molecule has 1 aliphatic heterocycles. The molecule has 1 unspecified atom stereocenters. The van der Waals surface area contributed by atoms with Crippen LogP contribution in [0, 0.1) is 6.92 Å². The minimum Gasteiger partial charge on any atom is -0.406 e. The number of nitrogens with zero attached hydrogens (tertiary/aromatic N) is 2. The van der Waals surface area contributed by atoms with Gasteiger partial charge in [0, 0.05) is 18.8 Å². The van der Waals surface area contributed by atoms with E-state index in [1.165, 1.54) is 30.4 Å². The Morgan fingerprint density at radius 1 is 1.33 bits per heavy atom. The summed E-state index contributed by atoms with van der Waals surface area (Å²) in [5.74, 6) is -0.529. The Kier molecular flexibility index (Phi) is 5.10. The number of benzene rings is 1. The van der Waals surface area contributed by atoms with Crippen molar-refractivity contribution in [1.29, 1.82) is 0 Å². The minimum absolute atomic E-state index is 0.00824. The summed E-state index contributed by atoms with van der Waals surface area (Å²) in [4.78, 5) is 29.5. The number of Topliss-reactive ketones (excluding diaryl/α,β-unsaturated/α-hetero) is 1. The highest BCUT2D eigenvalue weighted by Crippen LogP contribution is 2.34. The van der Waals surface area contributed by atoms with Gasteiger partial charge < -0.3 is 14.6 Å². The SMILES string of the molecule is Cc1cc(-c2cnc(NC(=O)C3CCC(=O)c4cccn43)s2)ccc1OC(F)(F)F. The van der Waals surface area contributed by atoms with Crippen molar-refractivity contribution in [2.45, 2.75) is 32.2 Å². The Bertz CT molecular complexity index is 1120. The smallest absolute Gasteiger partial charge is 0.406 e. The number of aromatic nitrogens is 2. The quantitative estimate of drug-likeness (QED) is 0.628. The maximum absolute atomic E-state index is 12.7. The van der Waals surface area contributed by atoms with Crippen LogP contribution in [-0.4, -0.2) is 27.6 Å². The normalized spacial score (nSPS) is 16.3. The van der Waals surface area contributed by atoms with Crippen molar-refractivity contribution in [1.82, 2.24) is 9.55 Å². The number of alkyl halides is 3. The molecular formula is C20H16F3N3O3S. The van der Waals surface area contributed by atoms with E-state index in [0.717, 1.165) is 0 Å². The first-order chi connectivity index (χ1) is 14.2. The first kappa shape index (κ1) is 20.1. The van der Waals surface area contributed by atoms with Gasteiger partial charge >= 0.3 is 6.36 Å². The molecule has 1 atom stereocenters. The predicted molar refractivity (Wildman–Crippen MR) is 105 cm³/mol. The van der Waals surface area contributed by atoms with E-state index in [-0.39, 0.29) is 17.4 Å². The number of anilines is 1. The van der Waals surface area contributed by atoms with Crippen LogP contribution in [0.2, 0.25) is 0 Å². The molecule has 0 aliphatic carbocycles. The van der Waals surface area contributed by atoms with Crippen LogP contribution in [0.15, 0.2) is 42.7 Å². The number of amides is 1. The molecule has 1 amide bonds. The molecule has 30 heavy (non-hydrogen) atoms. The maximum Gasteiger partial charge on any atom is 0.573 e. The number of aryl methyl sites for hydroxylation is 1. The topological polar surface area (TPSA) is 73.2 Å².